The highest BCUT2D eigenvalue weighted by molar-refractivity contribution is 5.79. The number of aliphatic imine (C=N–C) groups is 1. The fourth-order valence-corrected chi connectivity index (χ4v) is 1.88. The van der Waals surface area contributed by atoms with Crippen LogP contribution < -0.4 is 10.6 Å². The summed E-state index contributed by atoms with van der Waals surface area (Å²) in [4.78, 5) is 4.27. The van der Waals surface area contributed by atoms with E-state index in [2.05, 4.69) is 54.8 Å². The van der Waals surface area contributed by atoms with Crippen LogP contribution in [0.1, 0.15) is 45.4 Å². The van der Waals surface area contributed by atoms with Gasteiger partial charge in [0, 0.05) is 18.0 Å². The smallest absolute Gasteiger partial charge is 0.125 e. The number of ether oxygens (including phenoxy) is 1. The Morgan fingerprint density at radius 2 is 1.93 bits per heavy atom. The van der Waals surface area contributed by atoms with Crippen molar-refractivity contribution in [3.63, 3.8) is 0 Å². The average molecular weight is 400 g/mol. The number of benzene rings is 1. The molecule has 0 saturated heterocycles. The van der Waals surface area contributed by atoms with Gasteiger partial charge in [-0.05, 0) is 63.9 Å². The van der Waals surface area contributed by atoms with E-state index in [9.17, 15) is 0 Å². The minimum Gasteiger partial charge on any atom is -0.467 e. The van der Waals surface area contributed by atoms with Crippen LogP contribution in [0.3, 0.4) is 0 Å². The first-order valence-corrected chi connectivity index (χ1v) is 9.88. The lowest BCUT2D eigenvalue weighted by Gasteiger charge is -2.04. The number of nitrogens with zero attached hydrogens (tertiary/aromatic N) is 1. The number of nitrogens with one attached hydrogen (secondary N) is 2. The summed E-state index contributed by atoms with van der Waals surface area (Å²) < 4.78 is 10.3. The van der Waals surface area contributed by atoms with Crippen molar-refractivity contribution in [1.82, 2.24) is 5.32 Å². The minimum atomic E-state index is 0.504. The van der Waals surface area contributed by atoms with Crippen LogP contribution in [0, 0.1) is 6.92 Å². The lowest BCUT2D eigenvalue weighted by atomic mass is 10.2. The third-order valence-corrected chi connectivity index (χ3v) is 3.35. The van der Waals surface area contributed by atoms with Crippen LogP contribution in [-0.4, -0.2) is 19.2 Å². The van der Waals surface area contributed by atoms with Crippen molar-refractivity contribution in [3.05, 3.63) is 78.9 Å². The number of allylic oxidation sites excluding steroid dienone is 2. The van der Waals surface area contributed by atoms with E-state index < -0.39 is 0 Å². The molecule has 0 fully saturated rings. The summed E-state index contributed by atoms with van der Waals surface area (Å²) in [6.07, 6.45) is 4.60. The Kier molecular flexibility index (Phi) is 15.7. The number of anilines is 1. The monoisotopic (exact) mass is 399 g/mol. The summed E-state index contributed by atoms with van der Waals surface area (Å²) in [5.41, 5.74) is 3.34. The summed E-state index contributed by atoms with van der Waals surface area (Å²) in [6, 6.07) is 12.0. The zero-order valence-electron chi connectivity index (χ0n) is 18.6. The standard InChI is InChI=1S/C10H16N2O2.C10H13N.C4H8/c1-3-13-8-12-9(2)11-7-10-5-4-6-14-10;1-8(2)11-10-6-4-5-9(3)7-10;1-3-4-2/h4-6H,3,7-8H2,1-2H3,(H,11,12);4-7,11H,1H2,2-3H3;3H,1,4H2,2H3. The summed E-state index contributed by atoms with van der Waals surface area (Å²) in [6.45, 7) is 19.0. The predicted octanol–water partition coefficient (Wildman–Crippen LogP) is 6.30. The molecule has 5 heteroatoms. The Morgan fingerprint density at radius 3 is 2.45 bits per heavy atom. The van der Waals surface area contributed by atoms with E-state index in [1.54, 1.807) is 6.26 Å². The number of hydrogen-bond donors (Lipinski definition) is 2. The molecule has 0 aliphatic rings. The molecule has 2 aromatic rings. The lowest BCUT2D eigenvalue weighted by Crippen LogP contribution is -2.23. The number of amidine groups is 1. The molecule has 0 amide bonds. The van der Waals surface area contributed by atoms with Crippen molar-refractivity contribution in [1.29, 1.82) is 0 Å². The van der Waals surface area contributed by atoms with E-state index in [0.717, 1.165) is 29.4 Å². The second kappa shape index (κ2) is 17.3. The van der Waals surface area contributed by atoms with Gasteiger partial charge in [-0.3, -0.25) is 4.99 Å². The number of aryl methyl sites for hydroxylation is 1. The fourth-order valence-electron chi connectivity index (χ4n) is 1.88. The van der Waals surface area contributed by atoms with Crippen LogP contribution in [0.5, 0.6) is 0 Å². The van der Waals surface area contributed by atoms with Crippen LogP contribution in [0.15, 0.2) is 77.0 Å². The minimum absolute atomic E-state index is 0.504. The molecular formula is C24H37N3O2. The third kappa shape index (κ3) is 15.9. The molecule has 2 N–H and O–H groups in total. The Labute approximate surface area is 176 Å². The maximum Gasteiger partial charge on any atom is 0.125 e. The van der Waals surface area contributed by atoms with Gasteiger partial charge in [-0.2, -0.15) is 0 Å². The predicted molar refractivity (Wildman–Crippen MR) is 125 cm³/mol. The maximum absolute atomic E-state index is 5.14. The van der Waals surface area contributed by atoms with Crippen molar-refractivity contribution in [2.45, 2.75) is 47.6 Å². The van der Waals surface area contributed by atoms with Gasteiger partial charge in [0.2, 0.25) is 0 Å². The normalized spacial score (nSPS) is 10.0. The van der Waals surface area contributed by atoms with Crippen molar-refractivity contribution in [2.24, 2.45) is 4.99 Å². The van der Waals surface area contributed by atoms with Gasteiger partial charge in [0.1, 0.15) is 12.5 Å². The molecule has 1 heterocycles. The molecule has 29 heavy (non-hydrogen) atoms. The van der Waals surface area contributed by atoms with Gasteiger partial charge in [-0.15, -0.1) is 6.58 Å². The largest absolute Gasteiger partial charge is 0.467 e. The van der Waals surface area contributed by atoms with E-state index in [4.69, 9.17) is 9.15 Å². The highest BCUT2D eigenvalue weighted by Crippen LogP contribution is 2.10. The van der Waals surface area contributed by atoms with Crippen molar-refractivity contribution < 1.29 is 9.15 Å². The molecule has 0 radical (unpaired) electrons. The van der Waals surface area contributed by atoms with E-state index in [1.807, 2.05) is 51.1 Å². The molecule has 0 saturated carbocycles. The molecule has 1 aromatic heterocycles. The molecule has 0 unspecified atom stereocenters. The first-order chi connectivity index (χ1) is 13.9. The van der Waals surface area contributed by atoms with Crippen LogP contribution in [0.4, 0.5) is 5.69 Å². The summed E-state index contributed by atoms with van der Waals surface area (Å²) in [5, 5.41) is 6.18. The zero-order valence-corrected chi connectivity index (χ0v) is 18.6. The van der Waals surface area contributed by atoms with Crippen LogP contribution in [0.25, 0.3) is 0 Å². The Morgan fingerprint density at radius 1 is 1.21 bits per heavy atom. The second-order valence-corrected chi connectivity index (χ2v) is 6.27. The van der Waals surface area contributed by atoms with Crippen molar-refractivity contribution in [2.75, 3.05) is 18.7 Å². The molecule has 160 valence electrons. The second-order valence-electron chi connectivity index (χ2n) is 6.27. The van der Waals surface area contributed by atoms with Gasteiger partial charge in [-0.25, -0.2) is 0 Å². The molecule has 0 atom stereocenters. The van der Waals surface area contributed by atoms with E-state index >= 15 is 0 Å². The molecule has 0 bridgehead atoms. The Balaban J connectivity index is 0.000000466. The SMILES string of the molecule is C=C(C)Nc1cccc(C)c1.C=CCC.CCOCNC(C)=NCc1ccco1. The molecule has 1 aromatic carbocycles. The van der Waals surface area contributed by atoms with Gasteiger partial charge in [0.25, 0.3) is 0 Å². The first-order valence-electron chi connectivity index (χ1n) is 9.88. The maximum atomic E-state index is 5.14. The Hall–Kier alpha value is -2.79. The third-order valence-electron chi connectivity index (χ3n) is 3.35. The molecule has 2 rings (SSSR count). The highest BCUT2D eigenvalue weighted by Gasteiger charge is 1.93. The first kappa shape index (κ1) is 26.2. The van der Waals surface area contributed by atoms with Crippen molar-refractivity contribution in [3.8, 4) is 0 Å². The van der Waals surface area contributed by atoms with Crippen LogP contribution in [-0.2, 0) is 11.3 Å². The molecule has 0 spiro atoms. The molecular weight excluding hydrogens is 362 g/mol. The van der Waals surface area contributed by atoms with E-state index in [0.29, 0.717) is 19.9 Å². The number of rotatable bonds is 8. The topological polar surface area (TPSA) is 58.8 Å². The van der Waals surface area contributed by atoms with E-state index in [1.165, 1.54) is 5.56 Å². The van der Waals surface area contributed by atoms with Gasteiger partial charge in [0.15, 0.2) is 0 Å². The molecule has 0 aliphatic carbocycles. The van der Waals surface area contributed by atoms with Crippen molar-refractivity contribution >= 4 is 11.5 Å². The lowest BCUT2D eigenvalue weighted by molar-refractivity contribution is 0.142. The fraction of sp³-hybridized carbons (Fsp3) is 0.375. The number of furan rings is 1. The van der Waals surface area contributed by atoms with Gasteiger partial charge in [0.05, 0.1) is 18.6 Å². The quantitative estimate of drug-likeness (QED) is 0.180. The molecule has 0 aliphatic heterocycles. The highest BCUT2D eigenvalue weighted by atomic mass is 16.5. The Bertz CT molecular complexity index is 707. The molecule has 5 nitrogen and oxygen atoms in total. The van der Waals surface area contributed by atoms with Gasteiger partial charge >= 0.3 is 0 Å². The summed E-state index contributed by atoms with van der Waals surface area (Å²) in [5.74, 6) is 1.72. The summed E-state index contributed by atoms with van der Waals surface area (Å²) in [7, 11) is 0. The van der Waals surface area contributed by atoms with E-state index in [-0.39, 0.29) is 0 Å². The van der Waals surface area contributed by atoms with Crippen LogP contribution in [0.2, 0.25) is 0 Å². The van der Waals surface area contributed by atoms with Gasteiger partial charge < -0.3 is 19.8 Å². The zero-order chi connectivity index (χ0) is 21.9. The van der Waals surface area contributed by atoms with Gasteiger partial charge in [-0.1, -0.05) is 31.7 Å². The van der Waals surface area contributed by atoms with Crippen LogP contribution >= 0.6 is 0 Å². The summed E-state index contributed by atoms with van der Waals surface area (Å²) >= 11 is 0. The average Bonchev–Trinajstić information content (AvgIpc) is 3.20. The number of hydrogen-bond acceptors (Lipinski definition) is 4.